The van der Waals surface area contributed by atoms with E-state index < -0.39 is 0 Å². The highest BCUT2D eigenvalue weighted by atomic mass is 35.5. The highest BCUT2D eigenvalue weighted by molar-refractivity contribution is 6.30. The number of hydrogen-bond donors (Lipinski definition) is 1. The van der Waals surface area contributed by atoms with Crippen molar-refractivity contribution in [2.24, 2.45) is 5.73 Å². The van der Waals surface area contributed by atoms with Gasteiger partial charge in [-0.1, -0.05) is 41.9 Å². The first kappa shape index (κ1) is 12.2. The summed E-state index contributed by atoms with van der Waals surface area (Å²) in [6, 6.07) is 17.5. The Morgan fingerprint density at radius 2 is 1.79 bits per heavy atom. The first-order valence-corrected chi connectivity index (χ1v) is 6.47. The number of rotatable bonds is 2. The Bertz CT molecular complexity index is 725. The second kappa shape index (κ2) is 5.00. The van der Waals surface area contributed by atoms with E-state index in [2.05, 4.69) is 11.1 Å². The molecule has 19 heavy (non-hydrogen) atoms. The standard InChI is InChI=1S/C16H13ClN2/c17-14-6-3-5-12(9-14)16(18)13-8-11-4-1-2-7-15(11)19-10-13/h1-10,16H,18H2. The third-order valence-electron chi connectivity index (χ3n) is 3.18. The van der Waals surface area contributed by atoms with Crippen LogP contribution < -0.4 is 5.73 Å². The van der Waals surface area contributed by atoms with Gasteiger partial charge in [0.05, 0.1) is 11.6 Å². The van der Waals surface area contributed by atoms with E-state index >= 15 is 0 Å². The molecule has 0 bridgehead atoms. The molecule has 2 N–H and O–H groups in total. The summed E-state index contributed by atoms with van der Waals surface area (Å²) < 4.78 is 0. The molecule has 1 aromatic heterocycles. The minimum Gasteiger partial charge on any atom is -0.320 e. The molecule has 0 saturated carbocycles. The number of pyridine rings is 1. The van der Waals surface area contributed by atoms with Crippen molar-refractivity contribution in [3.63, 3.8) is 0 Å². The van der Waals surface area contributed by atoms with Gasteiger partial charge in [-0.3, -0.25) is 4.98 Å². The van der Waals surface area contributed by atoms with Gasteiger partial charge in [0.25, 0.3) is 0 Å². The van der Waals surface area contributed by atoms with Crippen LogP contribution in [-0.2, 0) is 0 Å². The zero-order valence-corrected chi connectivity index (χ0v) is 11.0. The first-order valence-electron chi connectivity index (χ1n) is 6.10. The van der Waals surface area contributed by atoms with Gasteiger partial charge >= 0.3 is 0 Å². The molecule has 0 amide bonds. The normalized spacial score (nSPS) is 12.5. The van der Waals surface area contributed by atoms with Crippen LogP contribution in [0.15, 0.2) is 60.8 Å². The Kier molecular flexibility index (Phi) is 3.20. The molecule has 0 aliphatic rings. The van der Waals surface area contributed by atoms with Crippen LogP contribution in [0.25, 0.3) is 10.9 Å². The predicted octanol–water partition coefficient (Wildman–Crippen LogP) is 3.94. The second-order valence-corrected chi connectivity index (χ2v) is 4.93. The van der Waals surface area contributed by atoms with Crippen LogP contribution in [-0.4, -0.2) is 4.98 Å². The Morgan fingerprint density at radius 3 is 2.63 bits per heavy atom. The van der Waals surface area contributed by atoms with Crippen LogP contribution in [0.4, 0.5) is 0 Å². The van der Waals surface area contributed by atoms with Crippen molar-refractivity contribution >= 4 is 22.5 Å². The number of aromatic nitrogens is 1. The van der Waals surface area contributed by atoms with Crippen LogP contribution in [0.2, 0.25) is 5.02 Å². The maximum Gasteiger partial charge on any atom is 0.0702 e. The third-order valence-corrected chi connectivity index (χ3v) is 3.41. The zero-order chi connectivity index (χ0) is 13.2. The lowest BCUT2D eigenvalue weighted by atomic mass is 10.00. The van der Waals surface area contributed by atoms with Gasteiger partial charge in [-0.15, -0.1) is 0 Å². The molecule has 0 saturated heterocycles. The van der Waals surface area contributed by atoms with E-state index in [1.807, 2.05) is 54.7 Å². The lowest BCUT2D eigenvalue weighted by Gasteiger charge is -2.13. The largest absolute Gasteiger partial charge is 0.320 e. The highest BCUT2D eigenvalue weighted by Gasteiger charge is 2.10. The summed E-state index contributed by atoms with van der Waals surface area (Å²) in [5, 5.41) is 1.79. The molecule has 3 aromatic rings. The lowest BCUT2D eigenvalue weighted by Crippen LogP contribution is -2.12. The van der Waals surface area contributed by atoms with Gasteiger partial charge in [-0.2, -0.15) is 0 Å². The maximum absolute atomic E-state index is 6.28. The average molecular weight is 269 g/mol. The van der Waals surface area contributed by atoms with Crippen molar-refractivity contribution in [3.05, 3.63) is 76.9 Å². The van der Waals surface area contributed by atoms with Crippen molar-refractivity contribution in [2.75, 3.05) is 0 Å². The van der Waals surface area contributed by atoms with Crippen molar-refractivity contribution < 1.29 is 0 Å². The van der Waals surface area contributed by atoms with E-state index in [0.29, 0.717) is 5.02 Å². The molecule has 0 spiro atoms. The molecule has 2 aromatic carbocycles. The fourth-order valence-electron chi connectivity index (χ4n) is 2.15. The molecule has 0 radical (unpaired) electrons. The molecule has 0 aliphatic carbocycles. The Balaban J connectivity index is 2.04. The first-order chi connectivity index (χ1) is 9.24. The van der Waals surface area contributed by atoms with Gasteiger partial charge < -0.3 is 5.73 Å². The number of hydrogen-bond acceptors (Lipinski definition) is 2. The van der Waals surface area contributed by atoms with E-state index in [0.717, 1.165) is 22.0 Å². The van der Waals surface area contributed by atoms with Crippen LogP contribution in [0.3, 0.4) is 0 Å². The lowest BCUT2D eigenvalue weighted by molar-refractivity contribution is 0.867. The second-order valence-electron chi connectivity index (χ2n) is 4.49. The van der Waals surface area contributed by atoms with E-state index in [-0.39, 0.29) is 6.04 Å². The molecule has 0 aliphatic heterocycles. The quantitative estimate of drug-likeness (QED) is 0.765. The van der Waals surface area contributed by atoms with Crippen molar-refractivity contribution in [3.8, 4) is 0 Å². The molecule has 1 heterocycles. The van der Waals surface area contributed by atoms with Crippen LogP contribution in [0, 0.1) is 0 Å². The van der Waals surface area contributed by atoms with Crippen LogP contribution >= 0.6 is 11.6 Å². The summed E-state index contributed by atoms with van der Waals surface area (Å²) in [7, 11) is 0. The molecule has 1 atom stereocenters. The molecule has 3 heteroatoms. The molecular formula is C16H13ClN2. The topological polar surface area (TPSA) is 38.9 Å². The minimum atomic E-state index is -0.212. The highest BCUT2D eigenvalue weighted by Crippen LogP contribution is 2.24. The summed E-state index contributed by atoms with van der Waals surface area (Å²) in [4.78, 5) is 4.44. The van der Waals surface area contributed by atoms with Crippen molar-refractivity contribution in [1.82, 2.24) is 4.98 Å². The number of para-hydroxylation sites is 1. The average Bonchev–Trinajstić information content (AvgIpc) is 2.46. The van der Waals surface area contributed by atoms with Gasteiger partial charge in [-0.05, 0) is 35.4 Å². The SMILES string of the molecule is NC(c1cccc(Cl)c1)c1cnc2ccccc2c1. The zero-order valence-electron chi connectivity index (χ0n) is 10.3. The van der Waals surface area contributed by atoms with Crippen molar-refractivity contribution in [1.29, 1.82) is 0 Å². The van der Waals surface area contributed by atoms with Gasteiger partial charge in [-0.25, -0.2) is 0 Å². The number of benzene rings is 2. The number of nitrogens with zero attached hydrogens (tertiary/aromatic N) is 1. The fraction of sp³-hybridized carbons (Fsp3) is 0.0625. The Labute approximate surface area is 116 Å². The number of nitrogens with two attached hydrogens (primary N) is 1. The van der Waals surface area contributed by atoms with Gasteiger partial charge in [0.1, 0.15) is 0 Å². The number of fused-ring (bicyclic) bond motifs is 1. The fourth-order valence-corrected chi connectivity index (χ4v) is 2.35. The molecule has 2 nitrogen and oxygen atoms in total. The van der Waals surface area contributed by atoms with E-state index in [1.54, 1.807) is 0 Å². The molecular weight excluding hydrogens is 256 g/mol. The van der Waals surface area contributed by atoms with E-state index in [1.165, 1.54) is 0 Å². The Hall–Kier alpha value is -1.90. The van der Waals surface area contributed by atoms with E-state index in [9.17, 15) is 0 Å². The van der Waals surface area contributed by atoms with Crippen LogP contribution in [0.5, 0.6) is 0 Å². The molecule has 3 rings (SSSR count). The summed E-state index contributed by atoms with van der Waals surface area (Å²) in [6.45, 7) is 0. The molecule has 1 unspecified atom stereocenters. The number of halogens is 1. The summed E-state index contributed by atoms with van der Waals surface area (Å²) >= 11 is 6.00. The smallest absolute Gasteiger partial charge is 0.0702 e. The van der Waals surface area contributed by atoms with Crippen LogP contribution in [0.1, 0.15) is 17.2 Å². The minimum absolute atomic E-state index is 0.212. The van der Waals surface area contributed by atoms with Crippen molar-refractivity contribution in [2.45, 2.75) is 6.04 Å². The molecule has 0 fully saturated rings. The van der Waals surface area contributed by atoms with Gasteiger partial charge in [0.15, 0.2) is 0 Å². The van der Waals surface area contributed by atoms with Gasteiger partial charge in [0.2, 0.25) is 0 Å². The summed E-state index contributed by atoms with van der Waals surface area (Å²) in [5.41, 5.74) is 9.23. The summed E-state index contributed by atoms with van der Waals surface area (Å²) in [5.74, 6) is 0. The van der Waals surface area contributed by atoms with Gasteiger partial charge in [0, 0.05) is 16.6 Å². The Morgan fingerprint density at radius 1 is 0.947 bits per heavy atom. The third kappa shape index (κ3) is 2.46. The predicted molar refractivity (Wildman–Crippen MR) is 79.2 cm³/mol. The van der Waals surface area contributed by atoms with E-state index in [4.69, 9.17) is 17.3 Å². The maximum atomic E-state index is 6.28. The molecule has 94 valence electrons. The summed E-state index contributed by atoms with van der Waals surface area (Å²) in [6.07, 6.45) is 1.83. The monoisotopic (exact) mass is 268 g/mol.